The number of ether oxygens (including phenoxy) is 4. The predicted octanol–water partition coefficient (Wildman–Crippen LogP) is 9.46. The molecule has 4 aromatic carbocycles. The highest BCUT2D eigenvalue weighted by Crippen LogP contribution is 2.44. The maximum atomic E-state index is 12.1. The lowest BCUT2D eigenvalue weighted by atomic mass is 10.2. The Kier molecular flexibility index (Phi) is 18.9. The van der Waals surface area contributed by atoms with Crippen LogP contribution in [0.4, 0.5) is 56.3 Å². The third kappa shape index (κ3) is 13.5. The molecule has 0 fully saturated rings. The van der Waals surface area contributed by atoms with E-state index in [9.17, 15) is 18.1 Å². The van der Waals surface area contributed by atoms with Crippen molar-refractivity contribution in [2.45, 2.75) is 37.7 Å². The van der Waals surface area contributed by atoms with Crippen molar-refractivity contribution in [1.29, 1.82) is 0 Å². The number of azo groups is 2. The maximum Gasteiger partial charge on any atom is 0.425 e. The molecule has 7 rings (SSSR count). The Hall–Kier alpha value is -6.89. The van der Waals surface area contributed by atoms with E-state index in [4.69, 9.17) is 46.5 Å². The fraction of sp³-hybridized carbons (Fsp3) is 0.326. The number of hydrogen-bond donors (Lipinski definition) is 4. The van der Waals surface area contributed by atoms with Crippen LogP contribution in [0.1, 0.15) is 27.7 Å². The molecule has 382 valence electrons. The van der Waals surface area contributed by atoms with Gasteiger partial charge in [0.15, 0.2) is 5.16 Å². The molecule has 0 atom stereocenters. The van der Waals surface area contributed by atoms with Crippen molar-refractivity contribution in [3.63, 3.8) is 0 Å². The second kappa shape index (κ2) is 25.0. The summed E-state index contributed by atoms with van der Waals surface area (Å²) in [5.41, 5.74) is 4.28. The number of nitrogens with one attached hydrogen (secondary N) is 2. The first-order chi connectivity index (χ1) is 34.6. The van der Waals surface area contributed by atoms with E-state index in [1.165, 1.54) is 42.3 Å². The largest absolute Gasteiger partial charge is 0.497 e. The van der Waals surface area contributed by atoms with E-state index in [0.29, 0.717) is 86.9 Å². The van der Waals surface area contributed by atoms with Crippen LogP contribution in [-0.4, -0.2) is 123 Å². The first-order valence-corrected chi connectivity index (χ1v) is 26.6. The fourth-order valence-electron chi connectivity index (χ4n) is 6.93. The van der Waals surface area contributed by atoms with E-state index in [0.717, 1.165) is 32.9 Å². The summed E-state index contributed by atoms with van der Waals surface area (Å²) in [7, 11) is -1.63. The van der Waals surface area contributed by atoms with Crippen LogP contribution >= 0.6 is 34.4 Å². The first-order valence-electron chi connectivity index (χ1n) is 21.6. The zero-order chi connectivity index (χ0) is 52.1. The van der Waals surface area contributed by atoms with Crippen molar-refractivity contribution in [3.8, 4) is 23.0 Å². The van der Waals surface area contributed by atoms with Gasteiger partial charge in [0, 0.05) is 50.1 Å². The molecule has 4 N–H and O–H groups in total. The minimum Gasteiger partial charge on any atom is -0.497 e. The van der Waals surface area contributed by atoms with E-state index in [2.05, 4.69) is 64.7 Å². The van der Waals surface area contributed by atoms with Crippen molar-refractivity contribution < 1.29 is 49.7 Å². The smallest absolute Gasteiger partial charge is 0.425 e. The Morgan fingerprint density at radius 3 is 1.57 bits per heavy atom. The number of anilines is 6. The lowest BCUT2D eigenvalue weighted by Crippen LogP contribution is -2.22. The van der Waals surface area contributed by atoms with Gasteiger partial charge >= 0.3 is 10.6 Å². The highest BCUT2D eigenvalue weighted by atomic mass is 32.2. The normalized spacial score (nSPS) is 11.5. The van der Waals surface area contributed by atoms with Gasteiger partial charge in [-0.05, 0) is 64.1 Å². The molecule has 0 aliphatic rings. The number of hydrogen-bond acceptors (Lipinski definition) is 26. The van der Waals surface area contributed by atoms with E-state index >= 15 is 0 Å². The Morgan fingerprint density at radius 2 is 1.12 bits per heavy atom. The molecule has 72 heavy (non-hydrogen) atoms. The molecule has 0 radical (unpaired) electrons. The Bertz CT molecular complexity index is 3330. The van der Waals surface area contributed by atoms with Crippen molar-refractivity contribution in [3.05, 3.63) is 54.6 Å². The number of fused-ring (bicyclic) bond motifs is 2. The van der Waals surface area contributed by atoms with Gasteiger partial charge in [0.1, 0.15) is 39.3 Å². The third-order valence-electron chi connectivity index (χ3n) is 10.2. The molecule has 0 spiro atoms. The van der Waals surface area contributed by atoms with Gasteiger partial charge in [-0.1, -0.05) is 34.4 Å². The zero-order valence-corrected chi connectivity index (χ0v) is 44.1. The minimum absolute atomic E-state index is 0.0406. The van der Waals surface area contributed by atoms with Crippen molar-refractivity contribution in [2.24, 2.45) is 20.5 Å². The van der Waals surface area contributed by atoms with Gasteiger partial charge in [-0.25, -0.2) is 9.97 Å². The van der Waals surface area contributed by atoms with Crippen molar-refractivity contribution in [2.75, 3.05) is 87.4 Å². The maximum absolute atomic E-state index is 12.1. The molecule has 0 saturated carbocycles. The van der Waals surface area contributed by atoms with Crippen molar-refractivity contribution in [1.82, 2.24) is 24.9 Å². The van der Waals surface area contributed by atoms with Crippen LogP contribution in [0.5, 0.6) is 23.0 Å². The highest BCUT2D eigenvalue weighted by molar-refractivity contribution is 7.99. The lowest BCUT2D eigenvalue weighted by Gasteiger charge is -2.25. The number of aliphatic hydroxyl groups excluding tert-OH is 1. The summed E-state index contributed by atoms with van der Waals surface area (Å²) in [6, 6.07) is 15.6. The Labute approximate surface area is 427 Å². The second-order valence-corrected chi connectivity index (χ2v) is 19.3. The average Bonchev–Trinajstić information content (AvgIpc) is 3.97. The molecule has 29 heteroatoms. The molecule has 7 aromatic rings. The van der Waals surface area contributed by atoms with Crippen LogP contribution in [0.15, 0.2) is 85.1 Å². The van der Waals surface area contributed by atoms with Gasteiger partial charge in [0.2, 0.25) is 22.2 Å². The summed E-state index contributed by atoms with van der Waals surface area (Å²) in [4.78, 5) is 27.2. The first kappa shape index (κ1) is 54.4. The number of rotatable bonds is 22. The molecular formula is C43H49N13O11S5. The number of thiazole rings is 2. The van der Waals surface area contributed by atoms with Gasteiger partial charge < -0.3 is 44.5 Å². The predicted molar refractivity (Wildman–Crippen MR) is 278 cm³/mol. The van der Waals surface area contributed by atoms with Crippen molar-refractivity contribution >= 4 is 132 Å². The number of nitrogens with zero attached hydrogens (tertiary/aromatic N) is 11. The summed E-state index contributed by atoms with van der Waals surface area (Å²) in [5.74, 6) is 2.35. The number of benzene rings is 4. The zero-order valence-electron chi connectivity index (χ0n) is 40.0. The minimum atomic E-state index is -4.60. The van der Waals surface area contributed by atoms with Crippen LogP contribution in [0.3, 0.4) is 0 Å². The summed E-state index contributed by atoms with van der Waals surface area (Å²) >= 11 is 3.74. The number of aromatic nitrogens is 5. The second-order valence-electron chi connectivity index (χ2n) is 14.4. The van der Waals surface area contributed by atoms with Crippen LogP contribution in [0.25, 0.3) is 20.4 Å². The van der Waals surface area contributed by atoms with Gasteiger partial charge in [0.25, 0.3) is 10.1 Å². The molecule has 0 unspecified atom stereocenters. The van der Waals surface area contributed by atoms with E-state index in [1.807, 2.05) is 44.2 Å². The molecule has 3 aromatic heterocycles. The van der Waals surface area contributed by atoms with Gasteiger partial charge in [-0.3, -0.25) is 4.55 Å². The van der Waals surface area contributed by atoms with Crippen LogP contribution in [0, 0.1) is 0 Å². The molecule has 0 aliphatic heterocycles. The number of aliphatic hydroxyl groups is 1. The van der Waals surface area contributed by atoms with Crippen LogP contribution in [-0.2, 0) is 20.7 Å². The van der Waals surface area contributed by atoms with Gasteiger partial charge in [-0.15, -0.1) is 33.1 Å². The third-order valence-corrected chi connectivity index (χ3v) is 13.8. The summed E-state index contributed by atoms with van der Waals surface area (Å²) in [6.07, 6.45) is 0. The van der Waals surface area contributed by atoms with Crippen LogP contribution < -0.4 is 39.4 Å². The lowest BCUT2D eigenvalue weighted by molar-refractivity contribution is 0.322. The molecule has 0 saturated heterocycles. The van der Waals surface area contributed by atoms with Gasteiger partial charge in [-0.2, -0.15) is 23.4 Å². The number of methoxy groups -OCH3 is 4. The Balaban J connectivity index is 0.00000204. The molecular weight excluding hydrogens is 1030 g/mol. The molecule has 0 amide bonds. The van der Waals surface area contributed by atoms with Crippen LogP contribution in [0.2, 0.25) is 0 Å². The average molecular weight is 1080 g/mol. The van der Waals surface area contributed by atoms with E-state index in [-0.39, 0.29) is 34.9 Å². The molecule has 0 bridgehead atoms. The highest BCUT2D eigenvalue weighted by Gasteiger charge is 2.22. The quantitative estimate of drug-likeness (QED) is 0.0279. The number of thioether (sulfide) groups is 1. The molecule has 24 nitrogen and oxygen atoms in total. The van der Waals surface area contributed by atoms with E-state index < -0.39 is 25.6 Å². The van der Waals surface area contributed by atoms with Gasteiger partial charge in [0.05, 0.1) is 78.2 Å². The molecule has 0 aliphatic carbocycles. The molecule has 3 heterocycles. The standard InChI is InChI=1S/C43H49N13O8S4.O3S/c1-9-55(10-2)31-18-26(28(20-33(31)62-6)51-53-42-46-25-14-13-24(61-5)17-36(25)66-42)44-39-48-40(50-41(49-39)65-16-15-57)45-27-19-32(56(11-3)12-4)34(63-7)21-29(27)52-54-43-47-30-22-38(68(58,59)60)35(64-8)23-37(30)67-43;1-4(2)3/h13-14,17-23,57H,9-12,15-16H2,1-8H3,(H,58,59,60)(H2,44,45,48,49,50);. The summed E-state index contributed by atoms with van der Waals surface area (Å²) in [6.45, 7) is 10.8. The SMILES string of the molecule is CCN(CC)c1cc(Nc2nc(Nc3cc(N(CC)CC)c(OC)cc3N=Nc3nc4cc(S(=O)(=O)O)c(OC)cc4s3)nc(SCCO)n2)c(N=Nc2nc3ccc(OC)cc3s2)cc1OC.O=S(=O)=O. The summed E-state index contributed by atoms with van der Waals surface area (Å²) in [5, 5.41) is 35.6. The monoisotopic (exact) mass is 1080 g/mol. The fourth-order valence-corrected chi connectivity index (χ4v) is 9.77. The summed E-state index contributed by atoms with van der Waals surface area (Å²) < 4.78 is 83.1. The van der Waals surface area contributed by atoms with E-state index in [1.54, 1.807) is 33.5 Å². The Morgan fingerprint density at radius 1 is 0.639 bits per heavy atom. The topological polar surface area (TPSA) is 307 Å².